The number of piperazine rings is 1. The molecule has 7 nitrogen and oxygen atoms in total. The van der Waals surface area contributed by atoms with Gasteiger partial charge in [0, 0.05) is 61.3 Å². The lowest BCUT2D eigenvalue weighted by Gasteiger charge is -2.37. The van der Waals surface area contributed by atoms with Crippen LogP contribution < -0.4 is 20.4 Å². The number of hydrogen-bond acceptors (Lipinski definition) is 5. The zero-order chi connectivity index (χ0) is 28.9. The highest BCUT2D eigenvalue weighted by Gasteiger charge is 2.32. The molecule has 2 N–H and O–H groups in total. The molecule has 3 aliphatic rings. The predicted molar refractivity (Wildman–Crippen MR) is 170 cm³/mol. The number of halogens is 1. The first-order valence-corrected chi connectivity index (χ1v) is 15.1. The maximum atomic E-state index is 13.8. The van der Waals surface area contributed by atoms with Gasteiger partial charge in [0.25, 0.3) is 0 Å². The average molecular weight is 573 g/mol. The van der Waals surface area contributed by atoms with Crippen molar-refractivity contribution in [2.75, 3.05) is 46.6 Å². The van der Waals surface area contributed by atoms with E-state index in [1.54, 1.807) is 0 Å². The van der Waals surface area contributed by atoms with Gasteiger partial charge in [0.1, 0.15) is 17.7 Å². The molecule has 0 spiro atoms. The van der Waals surface area contributed by atoms with E-state index in [1.807, 2.05) is 42.5 Å². The number of nitrogens with one attached hydrogen (secondary N) is 2. The van der Waals surface area contributed by atoms with E-state index < -0.39 is 6.04 Å². The molecule has 2 fully saturated rings. The summed E-state index contributed by atoms with van der Waals surface area (Å²) in [4.78, 5) is 23.7. The lowest BCUT2D eigenvalue weighted by molar-refractivity contribution is -0.119. The standard InChI is InChI=1S/C35H33FN6O/c36-24-6-11-27(12-7-24)40-16-18-41(19-17-40)28-13-15-32-31(22-28)38-34-29-21-26(37-25-8-9-25)10-14-30(29)39-35(43)33(42(32)34)20-23-4-2-1-3-5-23/h1-7,10-15,21-22,25,33,37H,8-9,16-20H2,(H,39,43). The molecule has 8 rings (SSSR count). The second kappa shape index (κ2) is 10.5. The monoisotopic (exact) mass is 572 g/mol. The first-order valence-electron chi connectivity index (χ1n) is 15.1. The van der Waals surface area contributed by atoms with Crippen molar-refractivity contribution in [2.24, 2.45) is 0 Å². The number of imidazole rings is 1. The summed E-state index contributed by atoms with van der Waals surface area (Å²) in [6.45, 7) is 3.42. The van der Waals surface area contributed by atoms with Crippen LogP contribution in [0.25, 0.3) is 22.4 Å². The van der Waals surface area contributed by atoms with Crippen molar-refractivity contribution in [1.29, 1.82) is 0 Å². The molecule has 3 heterocycles. The van der Waals surface area contributed by atoms with Crippen LogP contribution in [-0.4, -0.2) is 47.7 Å². The Hall–Kier alpha value is -4.85. The number of amides is 1. The molecule has 1 atom stereocenters. The van der Waals surface area contributed by atoms with Gasteiger partial charge in [0.2, 0.25) is 5.91 Å². The van der Waals surface area contributed by atoms with Crippen LogP contribution in [0.1, 0.15) is 24.4 Å². The third-order valence-corrected chi connectivity index (χ3v) is 8.86. The Morgan fingerprint density at radius 1 is 0.837 bits per heavy atom. The number of carbonyl (C=O) groups is 1. The molecule has 216 valence electrons. The Labute approximate surface area is 250 Å². The molecule has 1 unspecified atom stereocenters. The van der Waals surface area contributed by atoms with E-state index in [-0.39, 0.29) is 11.7 Å². The van der Waals surface area contributed by atoms with Gasteiger partial charge in [0.15, 0.2) is 0 Å². The quantitative estimate of drug-likeness (QED) is 0.244. The van der Waals surface area contributed by atoms with Gasteiger partial charge < -0.3 is 25.0 Å². The minimum absolute atomic E-state index is 0.0351. The predicted octanol–water partition coefficient (Wildman–Crippen LogP) is 6.48. The second-order valence-corrected chi connectivity index (χ2v) is 11.8. The first-order chi connectivity index (χ1) is 21.1. The Kier molecular flexibility index (Phi) is 6.28. The van der Waals surface area contributed by atoms with Crippen molar-refractivity contribution in [3.8, 4) is 11.4 Å². The number of benzene rings is 4. The summed E-state index contributed by atoms with van der Waals surface area (Å²) in [5.74, 6) is 0.560. The topological polar surface area (TPSA) is 65.4 Å². The molecule has 0 bridgehead atoms. The maximum Gasteiger partial charge on any atom is 0.247 e. The van der Waals surface area contributed by atoms with Gasteiger partial charge in [-0.15, -0.1) is 0 Å². The van der Waals surface area contributed by atoms with E-state index in [1.165, 1.54) is 25.0 Å². The fraction of sp³-hybridized carbons (Fsp3) is 0.257. The van der Waals surface area contributed by atoms with Crippen molar-refractivity contribution in [3.63, 3.8) is 0 Å². The largest absolute Gasteiger partial charge is 0.382 e. The summed E-state index contributed by atoms with van der Waals surface area (Å²) in [5, 5.41) is 6.81. The van der Waals surface area contributed by atoms with Gasteiger partial charge in [-0.25, -0.2) is 9.37 Å². The molecular weight excluding hydrogens is 539 g/mol. The Bertz CT molecular complexity index is 1810. The molecule has 1 aromatic heterocycles. The molecule has 0 radical (unpaired) electrons. The maximum absolute atomic E-state index is 13.8. The summed E-state index contributed by atoms with van der Waals surface area (Å²) in [6.07, 6.45) is 2.94. The van der Waals surface area contributed by atoms with Gasteiger partial charge >= 0.3 is 0 Å². The number of rotatable bonds is 6. The minimum Gasteiger partial charge on any atom is -0.382 e. The highest BCUT2D eigenvalue weighted by molar-refractivity contribution is 6.02. The van der Waals surface area contributed by atoms with Gasteiger partial charge in [-0.1, -0.05) is 30.3 Å². The molecule has 2 aliphatic heterocycles. The van der Waals surface area contributed by atoms with Crippen LogP contribution in [0.3, 0.4) is 0 Å². The van der Waals surface area contributed by atoms with Crippen LogP contribution in [0.4, 0.5) is 27.1 Å². The number of hydrogen-bond donors (Lipinski definition) is 2. The van der Waals surface area contributed by atoms with E-state index in [4.69, 9.17) is 4.98 Å². The molecule has 1 amide bonds. The van der Waals surface area contributed by atoms with E-state index in [0.717, 1.165) is 76.9 Å². The summed E-state index contributed by atoms with van der Waals surface area (Å²) < 4.78 is 15.6. The number of aromatic nitrogens is 2. The Morgan fingerprint density at radius 2 is 1.56 bits per heavy atom. The van der Waals surface area contributed by atoms with E-state index in [2.05, 4.69) is 61.4 Å². The zero-order valence-electron chi connectivity index (χ0n) is 23.8. The highest BCUT2D eigenvalue weighted by Crippen LogP contribution is 2.40. The van der Waals surface area contributed by atoms with Crippen LogP contribution in [0.15, 0.2) is 91.0 Å². The molecule has 1 saturated heterocycles. The van der Waals surface area contributed by atoms with Crippen LogP contribution in [-0.2, 0) is 11.2 Å². The lowest BCUT2D eigenvalue weighted by atomic mass is 10.0. The molecule has 8 heteroatoms. The molecular formula is C35H33FN6O. The number of anilines is 4. The summed E-state index contributed by atoms with van der Waals surface area (Å²) in [5.41, 5.74) is 7.87. The molecule has 43 heavy (non-hydrogen) atoms. The summed E-state index contributed by atoms with van der Waals surface area (Å²) in [6, 6.07) is 29.6. The van der Waals surface area contributed by atoms with E-state index in [0.29, 0.717) is 12.5 Å². The number of fused-ring (bicyclic) bond motifs is 5. The minimum atomic E-state index is -0.445. The van der Waals surface area contributed by atoms with Gasteiger partial charge in [-0.05, 0) is 79.1 Å². The Morgan fingerprint density at radius 3 is 2.30 bits per heavy atom. The van der Waals surface area contributed by atoms with Crippen molar-refractivity contribution < 1.29 is 9.18 Å². The first kappa shape index (κ1) is 25.8. The van der Waals surface area contributed by atoms with Crippen LogP contribution in [0.5, 0.6) is 0 Å². The fourth-order valence-corrected chi connectivity index (χ4v) is 6.41. The van der Waals surface area contributed by atoms with Crippen molar-refractivity contribution in [1.82, 2.24) is 9.55 Å². The summed E-state index contributed by atoms with van der Waals surface area (Å²) in [7, 11) is 0. The SMILES string of the molecule is O=C1Nc2ccc(NC3CC3)cc2-c2nc3cc(N4CCN(c5ccc(F)cc5)CC4)ccc3n2C1Cc1ccccc1. The normalized spacial score (nSPS) is 18.2. The molecule has 1 saturated carbocycles. The third kappa shape index (κ3) is 4.96. The molecule has 5 aromatic rings. The highest BCUT2D eigenvalue weighted by atomic mass is 19.1. The van der Waals surface area contributed by atoms with Crippen molar-refractivity contribution in [3.05, 3.63) is 102 Å². The van der Waals surface area contributed by atoms with Gasteiger partial charge in [0.05, 0.1) is 16.7 Å². The number of carbonyl (C=O) groups excluding carboxylic acids is 1. The summed E-state index contributed by atoms with van der Waals surface area (Å²) >= 11 is 0. The van der Waals surface area contributed by atoms with E-state index in [9.17, 15) is 9.18 Å². The number of nitrogens with zero attached hydrogens (tertiary/aromatic N) is 4. The molecule has 1 aliphatic carbocycles. The lowest BCUT2D eigenvalue weighted by Crippen LogP contribution is -2.46. The fourth-order valence-electron chi connectivity index (χ4n) is 6.41. The average Bonchev–Trinajstić information content (AvgIpc) is 3.79. The molecule has 4 aromatic carbocycles. The van der Waals surface area contributed by atoms with E-state index >= 15 is 0 Å². The zero-order valence-corrected chi connectivity index (χ0v) is 23.8. The van der Waals surface area contributed by atoms with Crippen molar-refractivity contribution in [2.45, 2.75) is 31.3 Å². The van der Waals surface area contributed by atoms with Crippen LogP contribution >= 0.6 is 0 Å². The van der Waals surface area contributed by atoms with Gasteiger partial charge in [-0.3, -0.25) is 4.79 Å². The third-order valence-electron chi connectivity index (χ3n) is 8.86. The second-order valence-electron chi connectivity index (χ2n) is 11.8. The Balaban J connectivity index is 1.16. The smallest absolute Gasteiger partial charge is 0.247 e. The van der Waals surface area contributed by atoms with Gasteiger partial charge in [-0.2, -0.15) is 0 Å². The van der Waals surface area contributed by atoms with Crippen LogP contribution in [0.2, 0.25) is 0 Å². The van der Waals surface area contributed by atoms with Crippen LogP contribution in [0, 0.1) is 5.82 Å². The van der Waals surface area contributed by atoms with Crippen molar-refractivity contribution >= 4 is 39.7 Å².